The molecule has 0 rings (SSSR count). The molecule has 0 saturated heterocycles. The van der Waals surface area contributed by atoms with Gasteiger partial charge in [0.05, 0.1) is 5.92 Å². The fourth-order valence-corrected chi connectivity index (χ4v) is 1.71. The van der Waals surface area contributed by atoms with Gasteiger partial charge < -0.3 is 10.2 Å². The Labute approximate surface area is 88.9 Å². The number of carboxylic acids is 1. The third-order valence-electron chi connectivity index (χ3n) is 2.97. The Kier molecular flexibility index (Phi) is 6.30. The zero-order chi connectivity index (χ0) is 11.2. The molecular weight excluding hydrogens is 197 g/mol. The van der Waals surface area contributed by atoms with E-state index in [0.717, 1.165) is 25.8 Å². The van der Waals surface area contributed by atoms with Crippen molar-refractivity contribution >= 4 is 15.4 Å². The van der Waals surface area contributed by atoms with Gasteiger partial charge in [0.15, 0.2) is 0 Å². The second-order valence-corrected chi connectivity index (χ2v) is 4.74. The minimum absolute atomic E-state index is 0.104. The van der Waals surface area contributed by atoms with Gasteiger partial charge in [-0.1, -0.05) is 36.6 Å². The highest BCUT2D eigenvalue weighted by atomic mass is 31.0. The van der Waals surface area contributed by atoms with Gasteiger partial charge in [-0.25, -0.2) is 0 Å². The molecule has 2 N–H and O–H groups in total. The highest BCUT2D eigenvalue weighted by Crippen LogP contribution is 2.33. The monoisotopic (exact) mass is 219 g/mol. The van der Waals surface area contributed by atoms with Crippen LogP contribution in [0, 0.1) is 11.3 Å². The number of carbonyl (C=O) groups is 1. The summed E-state index contributed by atoms with van der Waals surface area (Å²) < 4.78 is 0. The van der Waals surface area contributed by atoms with E-state index in [-0.39, 0.29) is 11.3 Å². The molecule has 0 heterocycles. The first kappa shape index (κ1) is 13.9. The predicted octanol–water partition coefficient (Wildman–Crippen LogP) is 2.28. The Balaban J connectivity index is 4.22. The van der Waals surface area contributed by atoms with Crippen LogP contribution < -0.4 is 5.09 Å². The molecule has 0 saturated carbocycles. The van der Waals surface area contributed by atoms with Crippen LogP contribution in [0.1, 0.15) is 40.0 Å². The quantitative estimate of drug-likeness (QED) is 0.510. The topological polar surface area (TPSA) is 49.3 Å². The van der Waals surface area contributed by atoms with Crippen molar-refractivity contribution in [2.24, 2.45) is 11.3 Å². The molecule has 0 aromatic heterocycles. The SMILES string of the molecule is CCC(C)(C)C(CCCNP)C(=O)O. The van der Waals surface area contributed by atoms with E-state index in [2.05, 4.69) is 14.5 Å². The van der Waals surface area contributed by atoms with Crippen molar-refractivity contribution in [3.8, 4) is 0 Å². The van der Waals surface area contributed by atoms with E-state index in [4.69, 9.17) is 5.11 Å². The molecule has 2 atom stereocenters. The van der Waals surface area contributed by atoms with Gasteiger partial charge in [0.1, 0.15) is 0 Å². The lowest BCUT2D eigenvalue weighted by atomic mass is 9.74. The van der Waals surface area contributed by atoms with Crippen LogP contribution in [0.4, 0.5) is 0 Å². The van der Waals surface area contributed by atoms with Crippen LogP contribution in [0.3, 0.4) is 0 Å². The van der Waals surface area contributed by atoms with Crippen molar-refractivity contribution < 1.29 is 9.90 Å². The van der Waals surface area contributed by atoms with Crippen molar-refractivity contribution in [2.45, 2.75) is 40.0 Å². The standard InChI is InChI=1S/C10H22NO2P/c1-4-10(2,3)8(9(12)13)6-5-7-11-14/h8,11H,4-7,14H2,1-3H3,(H,12,13). The lowest BCUT2D eigenvalue weighted by Crippen LogP contribution is -2.30. The van der Waals surface area contributed by atoms with Crippen LogP contribution in [-0.4, -0.2) is 17.6 Å². The largest absolute Gasteiger partial charge is 0.481 e. The molecule has 0 aromatic rings. The van der Waals surface area contributed by atoms with E-state index in [1.54, 1.807) is 0 Å². The second kappa shape index (κ2) is 6.36. The summed E-state index contributed by atoms with van der Waals surface area (Å²) in [4.78, 5) is 11.1. The first-order valence-electron chi connectivity index (χ1n) is 5.12. The molecule has 0 aromatic carbocycles. The first-order chi connectivity index (χ1) is 6.45. The summed E-state index contributed by atoms with van der Waals surface area (Å²) >= 11 is 0. The summed E-state index contributed by atoms with van der Waals surface area (Å²) in [6.07, 6.45) is 2.56. The number of rotatable bonds is 7. The molecule has 0 amide bonds. The molecule has 2 unspecified atom stereocenters. The Morgan fingerprint density at radius 1 is 1.57 bits per heavy atom. The van der Waals surface area contributed by atoms with E-state index < -0.39 is 5.97 Å². The Morgan fingerprint density at radius 3 is 2.50 bits per heavy atom. The fraction of sp³-hybridized carbons (Fsp3) is 0.900. The Bertz CT molecular complexity index is 183. The average Bonchev–Trinajstić information content (AvgIpc) is 2.11. The van der Waals surface area contributed by atoms with Gasteiger partial charge in [0.2, 0.25) is 0 Å². The van der Waals surface area contributed by atoms with E-state index >= 15 is 0 Å². The highest BCUT2D eigenvalue weighted by Gasteiger charge is 2.32. The van der Waals surface area contributed by atoms with Gasteiger partial charge in [-0.3, -0.25) is 4.79 Å². The van der Waals surface area contributed by atoms with Crippen LogP contribution >= 0.6 is 9.39 Å². The second-order valence-electron chi connectivity index (χ2n) is 4.33. The van der Waals surface area contributed by atoms with Crippen molar-refractivity contribution in [2.75, 3.05) is 6.54 Å². The molecule has 3 nitrogen and oxygen atoms in total. The Morgan fingerprint density at radius 2 is 2.14 bits per heavy atom. The zero-order valence-electron chi connectivity index (χ0n) is 9.34. The van der Waals surface area contributed by atoms with Crippen molar-refractivity contribution in [1.82, 2.24) is 5.09 Å². The molecule has 0 bridgehead atoms. The molecule has 0 aliphatic heterocycles. The number of hydrogen-bond acceptors (Lipinski definition) is 2. The normalized spacial score (nSPS) is 14.0. The van der Waals surface area contributed by atoms with Crippen molar-refractivity contribution in [3.63, 3.8) is 0 Å². The first-order valence-corrected chi connectivity index (χ1v) is 5.69. The summed E-state index contributed by atoms with van der Waals surface area (Å²) in [5.41, 5.74) is -0.104. The maximum absolute atomic E-state index is 11.1. The van der Waals surface area contributed by atoms with Crippen molar-refractivity contribution in [1.29, 1.82) is 0 Å². The number of carboxylic acid groups (broad SMARTS) is 1. The van der Waals surface area contributed by atoms with Gasteiger partial charge >= 0.3 is 5.97 Å². The molecule has 14 heavy (non-hydrogen) atoms. The maximum Gasteiger partial charge on any atom is 0.307 e. The van der Waals surface area contributed by atoms with Gasteiger partial charge in [0, 0.05) is 0 Å². The Hall–Kier alpha value is -0.140. The molecule has 0 spiro atoms. The van der Waals surface area contributed by atoms with Gasteiger partial charge in [-0.2, -0.15) is 0 Å². The number of hydrogen-bond donors (Lipinski definition) is 2. The number of nitrogens with one attached hydrogen (secondary N) is 1. The van der Waals surface area contributed by atoms with E-state index in [1.165, 1.54) is 0 Å². The van der Waals surface area contributed by atoms with Crippen molar-refractivity contribution in [3.05, 3.63) is 0 Å². The minimum atomic E-state index is -0.666. The molecule has 0 aliphatic rings. The minimum Gasteiger partial charge on any atom is -0.481 e. The van der Waals surface area contributed by atoms with Crippen LogP contribution in [0.5, 0.6) is 0 Å². The molecular formula is C10H22NO2P. The average molecular weight is 219 g/mol. The molecule has 0 aliphatic carbocycles. The van der Waals surface area contributed by atoms with Crippen LogP contribution in [0.25, 0.3) is 0 Å². The van der Waals surface area contributed by atoms with Gasteiger partial charge in [0.25, 0.3) is 0 Å². The predicted molar refractivity (Wildman–Crippen MR) is 62.1 cm³/mol. The third-order valence-corrected chi connectivity index (χ3v) is 3.26. The highest BCUT2D eigenvalue weighted by molar-refractivity contribution is 7.13. The molecule has 0 radical (unpaired) electrons. The molecule has 0 fully saturated rings. The van der Waals surface area contributed by atoms with E-state index in [0.29, 0.717) is 0 Å². The lowest BCUT2D eigenvalue weighted by molar-refractivity contribution is -0.146. The van der Waals surface area contributed by atoms with Crippen LogP contribution in [0.2, 0.25) is 0 Å². The smallest absolute Gasteiger partial charge is 0.307 e. The summed E-state index contributed by atoms with van der Waals surface area (Å²) in [5.74, 6) is -0.897. The maximum atomic E-state index is 11.1. The zero-order valence-corrected chi connectivity index (χ0v) is 10.5. The summed E-state index contributed by atoms with van der Waals surface area (Å²) in [7, 11) is 2.43. The number of aliphatic carboxylic acids is 1. The summed E-state index contributed by atoms with van der Waals surface area (Å²) in [6, 6.07) is 0. The third kappa shape index (κ3) is 4.39. The van der Waals surface area contributed by atoms with E-state index in [9.17, 15) is 4.79 Å². The fourth-order valence-electron chi connectivity index (χ4n) is 1.50. The van der Waals surface area contributed by atoms with Gasteiger partial charge in [-0.15, -0.1) is 0 Å². The molecule has 4 heteroatoms. The summed E-state index contributed by atoms with van der Waals surface area (Å²) in [6.45, 7) is 6.96. The van der Waals surface area contributed by atoms with Crippen LogP contribution in [0.15, 0.2) is 0 Å². The van der Waals surface area contributed by atoms with Gasteiger partial charge in [-0.05, 0) is 24.8 Å². The van der Waals surface area contributed by atoms with Crippen LogP contribution in [-0.2, 0) is 4.79 Å². The lowest BCUT2D eigenvalue weighted by Gasteiger charge is -2.30. The molecule has 84 valence electrons. The summed E-state index contributed by atoms with van der Waals surface area (Å²) in [5, 5.41) is 12.1. The van der Waals surface area contributed by atoms with E-state index in [1.807, 2.05) is 20.8 Å².